The maximum atomic E-state index is 11.6. The van der Waals surface area contributed by atoms with Gasteiger partial charge in [0.1, 0.15) is 0 Å². The molecule has 0 unspecified atom stereocenters. The highest BCUT2D eigenvalue weighted by Gasteiger charge is 1.96. The summed E-state index contributed by atoms with van der Waals surface area (Å²) >= 11 is 3.38. The summed E-state index contributed by atoms with van der Waals surface area (Å²) in [5.41, 5.74) is 4.32. The maximum absolute atomic E-state index is 11.6. The molecule has 0 aliphatic rings. The van der Waals surface area contributed by atoms with E-state index in [2.05, 4.69) is 21.4 Å². The molecular formula is C16H14BrNO2. The third kappa shape index (κ3) is 4.99. The predicted octanol–water partition coefficient (Wildman–Crippen LogP) is 3.71. The summed E-state index contributed by atoms with van der Waals surface area (Å²) in [7, 11) is 0. The molecule has 3 nitrogen and oxygen atoms in total. The molecule has 0 spiro atoms. The molecule has 0 heterocycles. The van der Waals surface area contributed by atoms with Crippen LogP contribution in [0.4, 0.5) is 0 Å². The van der Waals surface area contributed by atoms with Crippen LogP contribution in [0.5, 0.6) is 0 Å². The van der Waals surface area contributed by atoms with Crippen molar-refractivity contribution in [3.05, 3.63) is 76.3 Å². The number of hydrogen-bond acceptors (Lipinski definition) is 2. The Bertz CT molecular complexity index is 596. The van der Waals surface area contributed by atoms with Crippen LogP contribution in [0.2, 0.25) is 0 Å². The minimum Gasteiger partial charge on any atom is -0.269 e. The zero-order chi connectivity index (χ0) is 14.2. The van der Waals surface area contributed by atoms with Crippen molar-refractivity contribution in [1.82, 2.24) is 5.48 Å². The summed E-state index contributed by atoms with van der Waals surface area (Å²) in [6, 6.07) is 17.3. The Kier molecular flexibility index (Phi) is 5.53. The molecule has 1 N–H and O–H groups in total. The minimum atomic E-state index is -0.291. The van der Waals surface area contributed by atoms with Gasteiger partial charge in [-0.25, -0.2) is 5.48 Å². The summed E-state index contributed by atoms with van der Waals surface area (Å²) in [6.07, 6.45) is 3.17. The maximum Gasteiger partial charge on any atom is 0.267 e. The highest BCUT2D eigenvalue weighted by molar-refractivity contribution is 9.10. The molecule has 102 valence electrons. The Morgan fingerprint density at radius 2 is 1.95 bits per heavy atom. The fourth-order valence-electron chi connectivity index (χ4n) is 1.58. The zero-order valence-corrected chi connectivity index (χ0v) is 12.3. The Balaban J connectivity index is 1.78. The van der Waals surface area contributed by atoms with Crippen molar-refractivity contribution < 1.29 is 9.63 Å². The van der Waals surface area contributed by atoms with E-state index >= 15 is 0 Å². The Labute approximate surface area is 126 Å². The van der Waals surface area contributed by atoms with Crippen LogP contribution in [0.3, 0.4) is 0 Å². The van der Waals surface area contributed by atoms with Crippen LogP contribution < -0.4 is 5.48 Å². The van der Waals surface area contributed by atoms with Crippen LogP contribution in [0, 0.1) is 0 Å². The number of hydrogen-bond donors (Lipinski definition) is 1. The summed E-state index contributed by atoms with van der Waals surface area (Å²) < 4.78 is 0.973. The van der Waals surface area contributed by atoms with Crippen molar-refractivity contribution in [2.75, 3.05) is 0 Å². The molecule has 0 saturated heterocycles. The molecule has 2 rings (SSSR count). The van der Waals surface area contributed by atoms with Crippen molar-refractivity contribution in [3.8, 4) is 0 Å². The van der Waals surface area contributed by atoms with Gasteiger partial charge in [0, 0.05) is 10.5 Å². The zero-order valence-electron chi connectivity index (χ0n) is 10.8. The second-order valence-electron chi connectivity index (χ2n) is 4.13. The van der Waals surface area contributed by atoms with Gasteiger partial charge in [-0.15, -0.1) is 0 Å². The molecular weight excluding hydrogens is 318 g/mol. The van der Waals surface area contributed by atoms with E-state index in [0.29, 0.717) is 6.61 Å². The Morgan fingerprint density at radius 3 is 2.70 bits per heavy atom. The molecule has 4 heteroatoms. The van der Waals surface area contributed by atoms with Gasteiger partial charge in [0.25, 0.3) is 5.91 Å². The highest BCUT2D eigenvalue weighted by Crippen LogP contribution is 2.12. The normalized spacial score (nSPS) is 10.7. The number of rotatable bonds is 5. The number of benzene rings is 2. The first-order valence-electron chi connectivity index (χ1n) is 6.13. The Morgan fingerprint density at radius 1 is 1.15 bits per heavy atom. The Hall–Kier alpha value is -1.91. The second-order valence-corrected chi connectivity index (χ2v) is 5.04. The quantitative estimate of drug-likeness (QED) is 0.670. The number of amides is 1. The van der Waals surface area contributed by atoms with Crippen LogP contribution in [0.1, 0.15) is 11.1 Å². The monoisotopic (exact) mass is 331 g/mol. The topological polar surface area (TPSA) is 38.3 Å². The predicted molar refractivity (Wildman–Crippen MR) is 82.5 cm³/mol. The average molecular weight is 332 g/mol. The molecule has 2 aromatic carbocycles. The second kappa shape index (κ2) is 7.62. The van der Waals surface area contributed by atoms with Crippen molar-refractivity contribution in [2.24, 2.45) is 0 Å². The van der Waals surface area contributed by atoms with Crippen molar-refractivity contribution in [2.45, 2.75) is 6.61 Å². The molecule has 0 saturated carbocycles. The molecule has 0 radical (unpaired) electrons. The third-order valence-electron chi connectivity index (χ3n) is 2.53. The lowest BCUT2D eigenvalue weighted by Crippen LogP contribution is -2.21. The number of nitrogens with one attached hydrogen (secondary N) is 1. The van der Waals surface area contributed by atoms with Gasteiger partial charge in [-0.3, -0.25) is 9.63 Å². The standard InChI is InChI=1S/C16H14BrNO2/c17-15-8-4-7-13(11-15)9-10-16(19)18-20-12-14-5-2-1-3-6-14/h1-11H,12H2,(H,18,19)/b10-9+. The van der Waals surface area contributed by atoms with Crippen LogP contribution in [0.25, 0.3) is 6.08 Å². The fourth-order valence-corrected chi connectivity index (χ4v) is 2.00. The van der Waals surface area contributed by atoms with Gasteiger partial charge in [-0.1, -0.05) is 58.4 Å². The summed E-state index contributed by atoms with van der Waals surface area (Å²) in [6.45, 7) is 0.345. The third-order valence-corrected chi connectivity index (χ3v) is 3.02. The van der Waals surface area contributed by atoms with E-state index in [1.807, 2.05) is 54.6 Å². The van der Waals surface area contributed by atoms with Gasteiger partial charge in [-0.2, -0.15) is 0 Å². The number of halogens is 1. The average Bonchev–Trinajstić information content (AvgIpc) is 2.46. The largest absolute Gasteiger partial charge is 0.269 e. The van der Waals surface area contributed by atoms with E-state index < -0.39 is 0 Å². The molecule has 0 atom stereocenters. The van der Waals surface area contributed by atoms with Crippen LogP contribution in [-0.4, -0.2) is 5.91 Å². The number of hydroxylamine groups is 1. The van der Waals surface area contributed by atoms with Crippen LogP contribution in [0.15, 0.2) is 65.1 Å². The molecule has 2 aromatic rings. The molecule has 0 bridgehead atoms. The highest BCUT2D eigenvalue weighted by atomic mass is 79.9. The summed E-state index contributed by atoms with van der Waals surface area (Å²) in [5, 5.41) is 0. The van der Waals surface area contributed by atoms with Crippen LogP contribution >= 0.6 is 15.9 Å². The van der Waals surface area contributed by atoms with E-state index in [9.17, 15) is 4.79 Å². The number of carbonyl (C=O) groups excluding carboxylic acids is 1. The molecule has 0 aromatic heterocycles. The van der Waals surface area contributed by atoms with E-state index in [0.717, 1.165) is 15.6 Å². The fraction of sp³-hybridized carbons (Fsp3) is 0.0625. The lowest BCUT2D eigenvalue weighted by molar-refractivity contribution is -0.129. The molecule has 0 aliphatic carbocycles. The minimum absolute atomic E-state index is 0.291. The molecule has 0 fully saturated rings. The van der Waals surface area contributed by atoms with Gasteiger partial charge in [0.05, 0.1) is 6.61 Å². The van der Waals surface area contributed by atoms with Gasteiger partial charge in [0.15, 0.2) is 0 Å². The van der Waals surface area contributed by atoms with Crippen molar-refractivity contribution >= 4 is 27.9 Å². The SMILES string of the molecule is O=C(/C=C/c1cccc(Br)c1)NOCc1ccccc1. The van der Waals surface area contributed by atoms with Gasteiger partial charge in [0.2, 0.25) is 0 Å². The van der Waals surface area contributed by atoms with E-state index in [-0.39, 0.29) is 5.91 Å². The lowest BCUT2D eigenvalue weighted by atomic mass is 10.2. The van der Waals surface area contributed by atoms with Gasteiger partial charge >= 0.3 is 0 Å². The van der Waals surface area contributed by atoms with Crippen molar-refractivity contribution in [1.29, 1.82) is 0 Å². The summed E-state index contributed by atoms with van der Waals surface area (Å²) in [4.78, 5) is 16.7. The molecule has 1 amide bonds. The first-order chi connectivity index (χ1) is 9.74. The van der Waals surface area contributed by atoms with E-state index in [4.69, 9.17) is 4.84 Å². The summed E-state index contributed by atoms with van der Waals surface area (Å²) in [5.74, 6) is -0.291. The smallest absolute Gasteiger partial charge is 0.267 e. The molecule has 0 aliphatic heterocycles. The van der Waals surface area contributed by atoms with Gasteiger partial charge < -0.3 is 0 Å². The lowest BCUT2D eigenvalue weighted by Gasteiger charge is -2.03. The molecule has 20 heavy (non-hydrogen) atoms. The van der Waals surface area contributed by atoms with Crippen molar-refractivity contribution in [3.63, 3.8) is 0 Å². The number of carbonyl (C=O) groups is 1. The first-order valence-corrected chi connectivity index (χ1v) is 6.93. The van der Waals surface area contributed by atoms with Gasteiger partial charge in [-0.05, 0) is 29.3 Å². The van der Waals surface area contributed by atoms with Crippen LogP contribution in [-0.2, 0) is 16.2 Å². The first kappa shape index (κ1) is 14.5. The van der Waals surface area contributed by atoms with E-state index in [1.165, 1.54) is 6.08 Å². The van der Waals surface area contributed by atoms with E-state index in [1.54, 1.807) is 6.08 Å².